The van der Waals surface area contributed by atoms with Gasteiger partial charge in [-0.25, -0.2) is 29.0 Å². The Morgan fingerprint density at radius 1 is 0.773 bits per heavy atom. The van der Waals surface area contributed by atoms with Crippen molar-refractivity contribution in [1.29, 1.82) is 0 Å². The molecule has 44 heavy (non-hydrogen) atoms. The molecule has 13 nitrogen and oxygen atoms in total. The summed E-state index contributed by atoms with van der Waals surface area (Å²) in [5.74, 6) is -2.67. The average molecular weight is 596 g/mol. The molecule has 0 spiro atoms. The van der Waals surface area contributed by atoms with Crippen LogP contribution in [0.2, 0.25) is 0 Å². The van der Waals surface area contributed by atoms with E-state index in [0.29, 0.717) is 5.56 Å². The molecule has 4 atom stereocenters. The largest absolute Gasteiger partial charge is 0.492 e. The van der Waals surface area contributed by atoms with Crippen LogP contribution in [-0.4, -0.2) is 67.7 Å². The number of hydrogen-bond acceptors (Lipinski definition) is 12. The molecular weight excluding hydrogens is 570 g/mol. The first-order valence-corrected chi connectivity index (χ1v) is 13.5. The number of aromatic nitrogens is 4. The molecule has 3 heterocycles. The predicted octanol–water partition coefficient (Wildman–Crippen LogP) is 3.32. The van der Waals surface area contributed by atoms with Crippen molar-refractivity contribution in [1.82, 2.24) is 19.7 Å². The van der Waals surface area contributed by atoms with Crippen LogP contribution in [0, 0.1) is 0 Å². The number of carbonyl (C=O) groups excluding carboxylic acids is 3. The van der Waals surface area contributed by atoms with Gasteiger partial charge in [-0.05, 0) is 36.4 Å². The maximum atomic E-state index is 13.3. The maximum absolute atomic E-state index is 13.3. The third kappa shape index (κ3) is 5.63. The zero-order valence-corrected chi connectivity index (χ0v) is 22.9. The number of fused-ring (bicyclic) bond motifs is 1. The van der Waals surface area contributed by atoms with Crippen LogP contribution < -0.4 is 5.73 Å². The van der Waals surface area contributed by atoms with Gasteiger partial charge in [-0.3, -0.25) is 0 Å². The Morgan fingerprint density at radius 3 is 1.86 bits per heavy atom. The average Bonchev–Trinajstić information content (AvgIpc) is 3.57. The lowest BCUT2D eigenvalue weighted by Gasteiger charge is -2.24. The Kier molecular flexibility index (Phi) is 7.84. The number of esters is 3. The van der Waals surface area contributed by atoms with E-state index in [9.17, 15) is 19.5 Å². The van der Waals surface area contributed by atoms with E-state index in [1.165, 1.54) is 6.33 Å². The summed E-state index contributed by atoms with van der Waals surface area (Å²) in [7, 11) is 0. The summed E-state index contributed by atoms with van der Waals surface area (Å²) in [5, 5.41) is 14.8. The van der Waals surface area contributed by atoms with Crippen LogP contribution in [0.4, 0.5) is 5.82 Å². The fourth-order valence-electron chi connectivity index (χ4n) is 4.81. The molecule has 0 aliphatic carbocycles. The van der Waals surface area contributed by atoms with Crippen LogP contribution in [0.25, 0.3) is 11.0 Å². The zero-order chi connectivity index (χ0) is 30.6. The van der Waals surface area contributed by atoms with E-state index >= 15 is 0 Å². The highest BCUT2D eigenvalue weighted by atomic mass is 16.7. The summed E-state index contributed by atoms with van der Waals surface area (Å²) in [6.07, 6.45) is -3.94. The number of carbonyl (C=O) groups is 3. The van der Waals surface area contributed by atoms with E-state index in [0.717, 1.165) is 4.68 Å². The zero-order valence-electron chi connectivity index (χ0n) is 22.9. The molecule has 0 saturated carbocycles. The van der Waals surface area contributed by atoms with Gasteiger partial charge in [0.1, 0.15) is 30.2 Å². The molecule has 222 valence electrons. The van der Waals surface area contributed by atoms with Gasteiger partial charge >= 0.3 is 17.9 Å². The molecule has 1 aliphatic heterocycles. The number of nitrogens with two attached hydrogens (primary N) is 1. The Labute approximate surface area is 249 Å². The molecule has 0 radical (unpaired) electrons. The van der Waals surface area contributed by atoms with E-state index < -0.39 is 54.9 Å². The second-order valence-electron chi connectivity index (χ2n) is 9.73. The SMILES string of the molecule is Nc1ncnc2c1c(O)nn2[C@@H]1O[C@H](COC(=O)c2ccccc2)[C@@H](OC(=O)c2ccccc2)[C@H]1OC(=O)c1ccccc1. The van der Waals surface area contributed by atoms with Gasteiger partial charge in [0.25, 0.3) is 0 Å². The highest BCUT2D eigenvalue weighted by Gasteiger charge is 2.52. The van der Waals surface area contributed by atoms with Crippen molar-refractivity contribution in [3.8, 4) is 5.88 Å². The quantitative estimate of drug-likeness (QED) is 0.198. The molecule has 5 aromatic rings. The van der Waals surface area contributed by atoms with Crippen molar-refractivity contribution >= 4 is 34.8 Å². The second kappa shape index (κ2) is 12.2. The van der Waals surface area contributed by atoms with E-state index in [2.05, 4.69) is 15.1 Å². The smallest absolute Gasteiger partial charge is 0.338 e. The number of nitrogen functional groups attached to an aromatic ring is 1. The van der Waals surface area contributed by atoms with Crippen molar-refractivity contribution < 1.29 is 38.4 Å². The lowest BCUT2D eigenvalue weighted by molar-refractivity contribution is -0.0657. The molecule has 13 heteroatoms. The van der Waals surface area contributed by atoms with Gasteiger partial charge in [-0.15, -0.1) is 5.10 Å². The van der Waals surface area contributed by atoms with Crippen molar-refractivity contribution in [2.24, 2.45) is 0 Å². The van der Waals surface area contributed by atoms with Crippen LogP contribution in [0.1, 0.15) is 37.3 Å². The molecule has 3 aromatic carbocycles. The van der Waals surface area contributed by atoms with Gasteiger partial charge in [-0.1, -0.05) is 54.6 Å². The maximum Gasteiger partial charge on any atom is 0.338 e. The third-order valence-corrected chi connectivity index (χ3v) is 6.92. The van der Waals surface area contributed by atoms with Crippen LogP contribution in [-0.2, 0) is 18.9 Å². The van der Waals surface area contributed by atoms with E-state index in [4.69, 9.17) is 24.7 Å². The summed E-state index contributed by atoms with van der Waals surface area (Å²) in [6, 6.07) is 24.7. The summed E-state index contributed by atoms with van der Waals surface area (Å²) < 4.78 is 24.8. The number of anilines is 1. The van der Waals surface area contributed by atoms with Gasteiger partial charge in [0.2, 0.25) is 5.88 Å². The van der Waals surface area contributed by atoms with Crippen molar-refractivity contribution in [3.05, 3.63) is 114 Å². The number of rotatable bonds is 8. The van der Waals surface area contributed by atoms with Crippen molar-refractivity contribution in [3.63, 3.8) is 0 Å². The minimum atomic E-state index is -1.35. The first-order valence-electron chi connectivity index (χ1n) is 13.5. The first kappa shape index (κ1) is 28.3. The topological polar surface area (TPSA) is 178 Å². The Morgan fingerprint density at radius 2 is 1.30 bits per heavy atom. The molecule has 0 bridgehead atoms. The molecule has 6 rings (SSSR count). The fraction of sp³-hybridized carbons (Fsp3) is 0.161. The Hall–Kier alpha value is -5.82. The number of nitrogens with zero attached hydrogens (tertiary/aromatic N) is 4. The number of hydrogen-bond donors (Lipinski definition) is 2. The molecule has 1 fully saturated rings. The van der Waals surface area contributed by atoms with E-state index in [1.54, 1.807) is 91.0 Å². The molecule has 0 amide bonds. The van der Waals surface area contributed by atoms with Crippen LogP contribution in [0.5, 0.6) is 5.88 Å². The third-order valence-electron chi connectivity index (χ3n) is 6.92. The standard InChI is InChI=1S/C31H25N5O8/c32-25-22-26(34-17-33-25)36(35-27(22)37)28-24(44-31(40)20-14-8-3-9-15-20)23(43-30(39)19-12-6-2-7-13-19)21(42-28)16-41-29(38)18-10-4-1-5-11-18/h1-15,17,21,23-24,28H,16H2,(H,35,37)(H2,32,33,34)/t21-,23-,24-,28-/m1/s1. The molecule has 3 N–H and O–H groups in total. The van der Waals surface area contributed by atoms with E-state index in [-0.39, 0.29) is 28.0 Å². The van der Waals surface area contributed by atoms with Crippen molar-refractivity contribution in [2.45, 2.75) is 24.5 Å². The monoisotopic (exact) mass is 595 g/mol. The molecule has 1 saturated heterocycles. The minimum Gasteiger partial charge on any atom is -0.492 e. The van der Waals surface area contributed by atoms with Gasteiger partial charge in [0.05, 0.1) is 16.7 Å². The fourth-order valence-corrected chi connectivity index (χ4v) is 4.81. The Bertz CT molecular complexity index is 1800. The number of ether oxygens (including phenoxy) is 4. The molecular formula is C31H25N5O8. The minimum absolute atomic E-state index is 0.0426. The van der Waals surface area contributed by atoms with Gasteiger partial charge in [-0.2, -0.15) is 0 Å². The van der Waals surface area contributed by atoms with Crippen molar-refractivity contribution in [2.75, 3.05) is 12.3 Å². The van der Waals surface area contributed by atoms with Crippen LogP contribution in [0.3, 0.4) is 0 Å². The second-order valence-corrected chi connectivity index (χ2v) is 9.73. The number of benzene rings is 3. The Balaban J connectivity index is 1.39. The summed E-state index contributed by atoms with van der Waals surface area (Å²) >= 11 is 0. The van der Waals surface area contributed by atoms with Gasteiger partial charge in [0, 0.05) is 0 Å². The van der Waals surface area contributed by atoms with Gasteiger partial charge in [0.15, 0.2) is 24.1 Å². The lowest BCUT2D eigenvalue weighted by atomic mass is 10.1. The highest BCUT2D eigenvalue weighted by Crippen LogP contribution is 2.38. The predicted molar refractivity (Wildman–Crippen MR) is 153 cm³/mol. The van der Waals surface area contributed by atoms with Gasteiger partial charge < -0.3 is 29.8 Å². The number of aromatic hydroxyl groups is 1. The van der Waals surface area contributed by atoms with Crippen LogP contribution >= 0.6 is 0 Å². The first-order chi connectivity index (χ1) is 21.4. The molecule has 2 aromatic heterocycles. The van der Waals surface area contributed by atoms with E-state index in [1.807, 2.05) is 0 Å². The normalized spacial score (nSPS) is 19.4. The van der Waals surface area contributed by atoms with Crippen LogP contribution in [0.15, 0.2) is 97.3 Å². The molecule has 0 unspecified atom stereocenters. The summed E-state index contributed by atoms with van der Waals surface area (Å²) in [4.78, 5) is 47.5. The highest BCUT2D eigenvalue weighted by molar-refractivity contribution is 5.92. The summed E-state index contributed by atoms with van der Waals surface area (Å²) in [5.41, 5.74) is 6.77. The molecule has 1 aliphatic rings. The lowest BCUT2D eigenvalue weighted by Crippen LogP contribution is -2.41. The summed E-state index contributed by atoms with van der Waals surface area (Å²) in [6.45, 7) is -0.390.